The Hall–Kier alpha value is -1.61. The minimum Gasteiger partial charge on any atom is -0.370 e. The first-order chi connectivity index (χ1) is 13.9. The number of sulfonamides is 1. The van der Waals surface area contributed by atoms with Crippen LogP contribution in [0.5, 0.6) is 0 Å². The number of nitrogens with zero attached hydrogens (tertiary/aromatic N) is 2. The van der Waals surface area contributed by atoms with Crippen molar-refractivity contribution in [1.82, 2.24) is 4.31 Å². The van der Waals surface area contributed by atoms with E-state index in [-0.39, 0.29) is 11.8 Å². The molecule has 0 saturated carbocycles. The second-order valence-electron chi connectivity index (χ2n) is 7.46. The molecule has 0 spiro atoms. The summed E-state index contributed by atoms with van der Waals surface area (Å²) in [5.41, 5.74) is 1.73. The Kier molecular flexibility index (Phi) is 6.15. The van der Waals surface area contributed by atoms with Crippen molar-refractivity contribution >= 4 is 50.2 Å². The SMILES string of the molecule is O=C(Nc1cc(Cl)ccc1N1CCCC1)C1CCN(S(=O)(=O)c2cccs2)CC1. The van der Waals surface area contributed by atoms with Crippen molar-refractivity contribution in [3.8, 4) is 0 Å². The lowest BCUT2D eigenvalue weighted by Gasteiger charge is -2.30. The Bertz CT molecular complexity index is 965. The lowest BCUT2D eigenvalue weighted by atomic mass is 9.97. The molecule has 0 atom stereocenters. The molecule has 1 amide bonds. The highest BCUT2D eigenvalue weighted by Crippen LogP contribution is 2.33. The van der Waals surface area contributed by atoms with Crippen molar-refractivity contribution in [1.29, 1.82) is 0 Å². The third-order valence-corrected chi connectivity index (χ3v) is 9.08. The Morgan fingerprint density at radius 2 is 1.83 bits per heavy atom. The molecule has 29 heavy (non-hydrogen) atoms. The van der Waals surface area contributed by atoms with Gasteiger partial charge in [0, 0.05) is 37.1 Å². The Morgan fingerprint density at radius 3 is 2.48 bits per heavy atom. The van der Waals surface area contributed by atoms with Crippen molar-refractivity contribution < 1.29 is 13.2 Å². The topological polar surface area (TPSA) is 69.7 Å². The number of benzene rings is 1. The number of carbonyl (C=O) groups is 1. The zero-order chi connectivity index (χ0) is 20.4. The Labute approximate surface area is 180 Å². The maximum atomic E-state index is 12.9. The molecule has 4 rings (SSSR count). The van der Waals surface area contributed by atoms with Gasteiger partial charge >= 0.3 is 0 Å². The fourth-order valence-electron chi connectivity index (χ4n) is 3.97. The number of hydrogen-bond donors (Lipinski definition) is 1. The molecule has 156 valence electrons. The minimum atomic E-state index is -3.45. The van der Waals surface area contributed by atoms with E-state index in [9.17, 15) is 13.2 Å². The number of hydrogen-bond acceptors (Lipinski definition) is 5. The van der Waals surface area contributed by atoms with Gasteiger partial charge < -0.3 is 10.2 Å². The molecule has 0 bridgehead atoms. The molecule has 2 fully saturated rings. The first kappa shape index (κ1) is 20.7. The number of rotatable bonds is 5. The van der Waals surface area contributed by atoms with Gasteiger partial charge in [-0.3, -0.25) is 4.79 Å². The summed E-state index contributed by atoms with van der Waals surface area (Å²) in [4.78, 5) is 15.2. The summed E-state index contributed by atoms with van der Waals surface area (Å²) in [5, 5.41) is 5.39. The van der Waals surface area contributed by atoms with Crippen LogP contribution in [-0.2, 0) is 14.8 Å². The van der Waals surface area contributed by atoms with Gasteiger partial charge in [-0.25, -0.2) is 8.42 Å². The summed E-state index contributed by atoms with van der Waals surface area (Å²) < 4.78 is 27.2. The molecular weight excluding hydrogens is 430 g/mol. The number of anilines is 2. The maximum Gasteiger partial charge on any atom is 0.252 e. The lowest BCUT2D eigenvalue weighted by molar-refractivity contribution is -0.120. The first-order valence-corrected chi connectivity index (χ1v) is 12.5. The van der Waals surface area contributed by atoms with Crippen molar-refractivity contribution in [2.75, 3.05) is 36.4 Å². The number of carbonyl (C=O) groups excluding carboxylic acids is 1. The maximum absolute atomic E-state index is 12.9. The smallest absolute Gasteiger partial charge is 0.252 e. The van der Waals surface area contributed by atoms with E-state index in [2.05, 4.69) is 10.2 Å². The van der Waals surface area contributed by atoms with Crippen LogP contribution in [0.1, 0.15) is 25.7 Å². The van der Waals surface area contributed by atoms with Gasteiger partial charge in [-0.05, 0) is 55.3 Å². The minimum absolute atomic E-state index is 0.0686. The van der Waals surface area contributed by atoms with E-state index in [1.54, 1.807) is 23.6 Å². The third-order valence-electron chi connectivity index (χ3n) is 5.58. The van der Waals surface area contributed by atoms with Crippen LogP contribution in [0.25, 0.3) is 0 Å². The average Bonchev–Trinajstić information content (AvgIpc) is 3.42. The largest absolute Gasteiger partial charge is 0.370 e. The molecule has 0 unspecified atom stereocenters. The van der Waals surface area contributed by atoms with E-state index in [0.29, 0.717) is 35.2 Å². The second-order valence-corrected chi connectivity index (χ2v) is 11.0. The summed E-state index contributed by atoms with van der Waals surface area (Å²) in [7, 11) is -3.45. The highest BCUT2D eigenvalue weighted by molar-refractivity contribution is 7.91. The summed E-state index contributed by atoms with van der Waals surface area (Å²) in [5.74, 6) is -0.281. The number of nitrogens with one attached hydrogen (secondary N) is 1. The summed E-state index contributed by atoms with van der Waals surface area (Å²) in [6.07, 6.45) is 3.31. The van der Waals surface area contributed by atoms with Crippen molar-refractivity contribution in [2.24, 2.45) is 5.92 Å². The van der Waals surface area contributed by atoms with E-state index in [1.807, 2.05) is 12.1 Å². The van der Waals surface area contributed by atoms with Crippen molar-refractivity contribution in [3.05, 3.63) is 40.7 Å². The quantitative estimate of drug-likeness (QED) is 0.741. The van der Waals surface area contributed by atoms with E-state index >= 15 is 0 Å². The van der Waals surface area contributed by atoms with E-state index in [4.69, 9.17) is 11.6 Å². The van der Waals surface area contributed by atoms with Gasteiger partial charge in [-0.15, -0.1) is 11.3 Å². The van der Waals surface area contributed by atoms with Crippen LogP contribution in [-0.4, -0.2) is 44.8 Å². The van der Waals surface area contributed by atoms with Gasteiger partial charge in [0.05, 0.1) is 11.4 Å². The molecule has 3 heterocycles. The number of amides is 1. The Balaban J connectivity index is 1.41. The van der Waals surface area contributed by atoms with Crippen LogP contribution in [0, 0.1) is 5.92 Å². The van der Waals surface area contributed by atoms with Crippen LogP contribution in [0.4, 0.5) is 11.4 Å². The zero-order valence-corrected chi connectivity index (χ0v) is 18.4. The molecule has 0 aliphatic carbocycles. The average molecular weight is 454 g/mol. The van der Waals surface area contributed by atoms with Gasteiger partial charge in [0.1, 0.15) is 4.21 Å². The van der Waals surface area contributed by atoms with Crippen molar-refractivity contribution in [3.63, 3.8) is 0 Å². The van der Waals surface area contributed by atoms with Crippen LogP contribution in [0.3, 0.4) is 0 Å². The second kappa shape index (κ2) is 8.63. The number of halogens is 1. The first-order valence-electron chi connectivity index (χ1n) is 9.84. The molecule has 6 nitrogen and oxygen atoms in total. The number of piperidine rings is 1. The van der Waals surface area contributed by atoms with Gasteiger partial charge in [0.2, 0.25) is 5.91 Å². The third kappa shape index (κ3) is 4.45. The number of thiophene rings is 1. The molecule has 2 aliphatic rings. The van der Waals surface area contributed by atoms with E-state index in [1.165, 1.54) is 15.6 Å². The molecule has 1 aromatic carbocycles. The summed E-state index contributed by atoms with van der Waals surface area (Å²) in [6.45, 7) is 2.66. The Morgan fingerprint density at radius 1 is 1.10 bits per heavy atom. The standard InChI is InChI=1S/C20H24ClN3O3S2/c21-16-5-6-18(23-9-1-2-10-23)17(14-16)22-20(25)15-7-11-24(12-8-15)29(26,27)19-4-3-13-28-19/h3-6,13-15H,1-2,7-12H2,(H,22,25). The zero-order valence-electron chi connectivity index (χ0n) is 16.0. The summed E-state index contributed by atoms with van der Waals surface area (Å²) >= 11 is 7.39. The molecule has 2 aliphatic heterocycles. The monoisotopic (exact) mass is 453 g/mol. The normalized spacial score (nSPS) is 18.9. The van der Waals surface area contributed by atoms with Crippen LogP contribution < -0.4 is 10.2 Å². The molecule has 0 radical (unpaired) electrons. The predicted molar refractivity (Wildman–Crippen MR) is 117 cm³/mol. The highest BCUT2D eigenvalue weighted by Gasteiger charge is 2.33. The summed E-state index contributed by atoms with van der Waals surface area (Å²) in [6, 6.07) is 8.96. The highest BCUT2D eigenvalue weighted by atomic mass is 35.5. The van der Waals surface area contributed by atoms with E-state index < -0.39 is 10.0 Å². The molecule has 1 aromatic heterocycles. The van der Waals surface area contributed by atoms with E-state index in [0.717, 1.165) is 37.3 Å². The molecule has 2 saturated heterocycles. The molecular formula is C20H24ClN3O3S2. The molecule has 2 aromatic rings. The van der Waals surface area contributed by atoms with Gasteiger partial charge in [0.25, 0.3) is 10.0 Å². The fraction of sp³-hybridized carbons (Fsp3) is 0.450. The fourth-order valence-corrected chi connectivity index (χ4v) is 6.76. The van der Waals surface area contributed by atoms with Crippen LogP contribution in [0.15, 0.2) is 39.9 Å². The van der Waals surface area contributed by atoms with Crippen LogP contribution >= 0.6 is 22.9 Å². The van der Waals surface area contributed by atoms with Gasteiger partial charge in [-0.2, -0.15) is 4.31 Å². The predicted octanol–water partition coefficient (Wildman–Crippen LogP) is 4.04. The lowest BCUT2D eigenvalue weighted by Crippen LogP contribution is -2.41. The molecule has 1 N–H and O–H groups in total. The van der Waals surface area contributed by atoms with Crippen molar-refractivity contribution in [2.45, 2.75) is 29.9 Å². The van der Waals surface area contributed by atoms with Crippen LogP contribution in [0.2, 0.25) is 5.02 Å². The van der Waals surface area contributed by atoms with Gasteiger partial charge in [-0.1, -0.05) is 17.7 Å². The molecule has 9 heteroatoms. The van der Waals surface area contributed by atoms with Gasteiger partial charge in [0.15, 0.2) is 0 Å².